The smallest absolute Gasteiger partial charge is 0.224 e. The summed E-state index contributed by atoms with van der Waals surface area (Å²) < 4.78 is 25.0. The Kier molecular flexibility index (Phi) is 5.59. The first-order valence-corrected chi connectivity index (χ1v) is 8.29. The molecule has 0 unspecified atom stereocenters. The Hall–Kier alpha value is -0.620. The molecule has 1 amide bonds. The van der Waals surface area contributed by atoms with Crippen molar-refractivity contribution in [3.63, 3.8) is 0 Å². The van der Waals surface area contributed by atoms with Gasteiger partial charge in [-0.3, -0.25) is 4.79 Å². The Labute approximate surface area is 110 Å². The maximum Gasteiger partial charge on any atom is 0.224 e. The molecule has 0 radical (unpaired) electrons. The van der Waals surface area contributed by atoms with E-state index < -0.39 is 10.0 Å². The van der Waals surface area contributed by atoms with Crippen LogP contribution in [0.3, 0.4) is 0 Å². The van der Waals surface area contributed by atoms with Gasteiger partial charge >= 0.3 is 0 Å². The first kappa shape index (κ1) is 15.4. The Morgan fingerprint density at radius 2 is 2.11 bits per heavy atom. The zero-order valence-corrected chi connectivity index (χ0v) is 12.3. The predicted octanol–water partition coefficient (Wildman–Crippen LogP) is 0.963. The molecule has 5 nitrogen and oxygen atoms in total. The molecule has 1 heterocycles. The number of hydrogen-bond acceptors (Lipinski definition) is 3. The monoisotopic (exact) mass is 276 g/mol. The lowest BCUT2D eigenvalue weighted by molar-refractivity contribution is -0.126. The number of nitrogens with one attached hydrogen (secondary N) is 1. The molecule has 0 saturated carbocycles. The average molecular weight is 276 g/mol. The van der Waals surface area contributed by atoms with Crippen molar-refractivity contribution in [1.29, 1.82) is 0 Å². The number of amides is 1. The van der Waals surface area contributed by atoms with Crippen molar-refractivity contribution in [1.82, 2.24) is 9.62 Å². The van der Waals surface area contributed by atoms with Crippen LogP contribution in [-0.2, 0) is 14.8 Å². The first-order valence-electron chi connectivity index (χ1n) is 6.68. The quantitative estimate of drug-likeness (QED) is 0.813. The topological polar surface area (TPSA) is 66.5 Å². The van der Waals surface area contributed by atoms with Crippen molar-refractivity contribution < 1.29 is 13.2 Å². The lowest BCUT2D eigenvalue weighted by Crippen LogP contribution is -2.47. The van der Waals surface area contributed by atoms with Crippen LogP contribution in [0, 0.1) is 5.92 Å². The van der Waals surface area contributed by atoms with Crippen LogP contribution < -0.4 is 5.32 Å². The molecule has 0 aromatic rings. The molecule has 18 heavy (non-hydrogen) atoms. The average Bonchev–Trinajstić information content (AvgIpc) is 2.38. The molecular formula is C12H24N2O3S. The van der Waals surface area contributed by atoms with E-state index in [-0.39, 0.29) is 23.6 Å². The van der Waals surface area contributed by atoms with Crippen molar-refractivity contribution in [3.8, 4) is 0 Å². The van der Waals surface area contributed by atoms with E-state index in [4.69, 9.17) is 0 Å². The van der Waals surface area contributed by atoms with Gasteiger partial charge in [0.2, 0.25) is 15.9 Å². The van der Waals surface area contributed by atoms with E-state index in [1.165, 1.54) is 4.31 Å². The van der Waals surface area contributed by atoms with E-state index in [9.17, 15) is 13.2 Å². The molecule has 0 spiro atoms. The normalized spacial score (nSPS) is 23.6. The first-order chi connectivity index (χ1) is 8.40. The summed E-state index contributed by atoms with van der Waals surface area (Å²) in [5.41, 5.74) is 0. The Balaban J connectivity index is 2.61. The van der Waals surface area contributed by atoms with Gasteiger partial charge in [-0.05, 0) is 33.1 Å². The number of piperidine rings is 1. The Bertz CT molecular complexity index is 381. The van der Waals surface area contributed by atoms with Gasteiger partial charge in [0.25, 0.3) is 0 Å². The van der Waals surface area contributed by atoms with Gasteiger partial charge in [-0.1, -0.05) is 6.92 Å². The van der Waals surface area contributed by atoms with Gasteiger partial charge in [-0.15, -0.1) is 0 Å². The fraction of sp³-hybridized carbons (Fsp3) is 0.917. The number of carbonyl (C=O) groups excluding carboxylic acids is 1. The van der Waals surface area contributed by atoms with Crippen LogP contribution >= 0.6 is 0 Å². The predicted molar refractivity (Wildman–Crippen MR) is 71.7 cm³/mol. The van der Waals surface area contributed by atoms with Gasteiger partial charge in [-0.25, -0.2) is 12.7 Å². The Morgan fingerprint density at radius 3 is 2.67 bits per heavy atom. The summed E-state index contributed by atoms with van der Waals surface area (Å²) in [5, 5.41) is 2.93. The van der Waals surface area contributed by atoms with Crippen LogP contribution in [0.25, 0.3) is 0 Å². The second-order valence-electron chi connectivity index (χ2n) is 4.92. The third kappa shape index (κ3) is 3.95. The number of nitrogens with zero attached hydrogens (tertiary/aromatic N) is 1. The zero-order chi connectivity index (χ0) is 13.8. The summed E-state index contributed by atoms with van der Waals surface area (Å²) in [4.78, 5) is 12.0. The summed E-state index contributed by atoms with van der Waals surface area (Å²) in [7, 11) is -3.17. The number of rotatable bonds is 5. The summed E-state index contributed by atoms with van der Waals surface area (Å²) in [5.74, 6) is -0.110. The summed E-state index contributed by atoms with van der Waals surface area (Å²) in [6, 6.07) is 0.149. The SMILES string of the molecule is CC[C@H](C)NC(=O)[C@H]1CCCN(S(=O)(=O)CC)C1. The molecule has 106 valence electrons. The van der Waals surface area contributed by atoms with E-state index in [0.29, 0.717) is 13.1 Å². The molecule has 1 saturated heterocycles. The van der Waals surface area contributed by atoms with E-state index in [1.807, 2.05) is 13.8 Å². The van der Waals surface area contributed by atoms with Gasteiger partial charge in [0.1, 0.15) is 0 Å². The lowest BCUT2D eigenvalue weighted by atomic mass is 9.98. The highest BCUT2D eigenvalue weighted by molar-refractivity contribution is 7.89. The van der Waals surface area contributed by atoms with E-state index >= 15 is 0 Å². The number of sulfonamides is 1. The van der Waals surface area contributed by atoms with E-state index in [2.05, 4.69) is 5.32 Å². The minimum absolute atomic E-state index is 0.0136. The van der Waals surface area contributed by atoms with Crippen LogP contribution in [0.1, 0.15) is 40.0 Å². The molecule has 0 aromatic heterocycles. The third-order valence-electron chi connectivity index (χ3n) is 3.51. The molecular weight excluding hydrogens is 252 g/mol. The number of hydrogen-bond donors (Lipinski definition) is 1. The minimum atomic E-state index is -3.17. The zero-order valence-electron chi connectivity index (χ0n) is 11.5. The van der Waals surface area contributed by atoms with Gasteiger partial charge in [0.05, 0.1) is 11.7 Å². The maximum atomic E-state index is 12.0. The summed E-state index contributed by atoms with van der Waals surface area (Å²) >= 11 is 0. The molecule has 0 aromatic carbocycles. The minimum Gasteiger partial charge on any atom is -0.353 e. The lowest BCUT2D eigenvalue weighted by Gasteiger charge is -2.31. The molecule has 1 rings (SSSR count). The highest BCUT2D eigenvalue weighted by atomic mass is 32.2. The molecule has 0 aliphatic carbocycles. The molecule has 1 N–H and O–H groups in total. The summed E-state index contributed by atoms with van der Waals surface area (Å²) in [6.45, 7) is 6.49. The molecule has 6 heteroatoms. The van der Waals surface area contributed by atoms with Crippen molar-refractivity contribution in [2.24, 2.45) is 5.92 Å². The largest absolute Gasteiger partial charge is 0.353 e. The van der Waals surface area contributed by atoms with Crippen LogP contribution in [-0.4, -0.2) is 43.5 Å². The van der Waals surface area contributed by atoms with Crippen LogP contribution in [0.2, 0.25) is 0 Å². The molecule has 1 fully saturated rings. The Morgan fingerprint density at radius 1 is 1.44 bits per heavy atom. The van der Waals surface area contributed by atoms with Gasteiger partial charge < -0.3 is 5.32 Å². The maximum absolute atomic E-state index is 12.0. The second-order valence-corrected chi connectivity index (χ2v) is 7.17. The fourth-order valence-corrected chi connectivity index (χ4v) is 3.23. The molecule has 2 atom stereocenters. The molecule has 1 aliphatic rings. The van der Waals surface area contributed by atoms with Crippen LogP contribution in [0.5, 0.6) is 0 Å². The molecule has 0 bridgehead atoms. The molecule has 1 aliphatic heterocycles. The van der Waals surface area contributed by atoms with Crippen LogP contribution in [0.4, 0.5) is 0 Å². The van der Waals surface area contributed by atoms with Crippen molar-refractivity contribution in [2.75, 3.05) is 18.8 Å². The van der Waals surface area contributed by atoms with Crippen molar-refractivity contribution >= 4 is 15.9 Å². The number of carbonyl (C=O) groups is 1. The fourth-order valence-electron chi connectivity index (χ4n) is 2.05. The van der Waals surface area contributed by atoms with Crippen molar-refractivity contribution in [3.05, 3.63) is 0 Å². The second kappa shape index (κ2) is 6.52. The van der Waals surface area contributed by atoms with E-state index in [1.54, 1.807) is 6.92 Å². The van der Waals surface area contributed by atoms with Crippen molar-refractivity contribution in [2.45, 2.75) is 46.1 Å². The van der Waals surface area contributed by atoms with Gasteiger partial charge in [0.15, 0.2) is 0 Å². The van der Waals surface area contributed by atoms with Gasteiger partial charge in [-0.2, -0.15) is 0 Å². The van der Waals surface area contributed by atoms with E-state index in [0.717, 1.165) is 19.3 Å². The highest BCUT2D eigenvalue weighted by Crippen LogP contribution is 2.19. The van der Waals surface area contributed by atoms with Crippen LogP contribution in [0.15, 0.2) is 0 Å². The standard InChI is InChI=1S/C12H24N2O3S/c1-4-10(3)13-12(15)11-7-6-8-14(9-11)18(16,17)5-2/h10-11H,4-9H2,1-3H3,(H,13,15)/t10-,11-/m0/s1. The third-order valence-corrected chi connectivity index (χ3v) is 5.36. The summed E-state index contributed by atoms with van der Waals surface area (Å²) in [6.07, 6.45) is 2.42. The van der Waals surface area contributed by atoms with Gasteiger partial charge in [0, 0.05) is 19.1 Å². The highest BCUT2D eigenvalue weighted by Gasteiger charge is 2.31.